The minimum Gasteiger partial charge on any atom is -0.494 e. The molecule has 7 nitrogen and oxygen atoms in total. The van der Waals surface area contributed by atoms with Crippen LogP contribution in [-0.2, 0) is 4.79 Å². The SMILES string of the molecule is CCCCCCOc1cccc(C2=NC(=O)C3=NN=NC3=N2)c1. The van der Waals surface area contributed by atoms with E-state index in [1.807, 2.05) is 24.3 Å². The minimum atomic E-state index is -0.471. The zero-order valence-corrected chi connectivity index (χ0v) is 12.9. The standard InChI is InChI=1S/C16H17N5O2/c1-2-3-4-5-9-23-12-8-6-7-11(10-12)14-17-15-13(16(22)18-14)19-21-20-15/h6-8,10H,2-5,9H2,1H3. The molecule has 0 bridgehead atoms. The summed E-state index contributed by atoms with van der Waals surface area (Å²) in [5, 5.41) is 10.8. The molecule has 2 aliphatic heterocycles. The summed E-state index contributed by atoms with van der Waals surface area (Å²) in [5.41, 5.74) is 0.801. The van der Waals surface area contributed by atoms with Gasteiger partial charge in [-0.3, -0.25) is 4.79 Å². The molecule has 3 rings (SSSR count). The zero-order chi connectivity index (χ0) is 16.1. The molecule has 0 saturated heterocycles. The van der Waals surface area contributed by atoms with Crippen LogP contribution in [0.15, 0.2) is 49.7 Å². The van der Waals surface area contributed by atoms with Gasteiger partial charge in [0.05, 0.1) is 6.61 Å². The molecule has 2 heterocycles. The second-order valence-electron chi connectivity index (χ2n) is 5.25. The normalized spacial score (nSPS) is 15.9. The fraction of sp³-hybridized carbons (Fsp3) is 0.375. The number of hydrogen-bond donors (Lipinski definition) is 0. The Bertz CT molecular complexity index is 734. The van der Waals surface area contributed by atoms with Crippen LogP contribution in [0.3, 0.4) is 0 Å². The summed E-state index contributed by atoms with van der Waals surface area (Å²) in [6.07, 6.45) is 4.61. The van der Waals surface area contributed by atoms with Gasteiger partial charge in [-0.25, -0.2) is 4.99 Å². The molecule has 0 aliphatic carbocycles. The summed E-state index contributed by atoms with van der Waals surface area (Å²) in [6.45, 7) is 2.85. The van der Waals surface area contributed by atoms with E-state index in [-0.39, 0.29) is 11.5 Å². The first-order chi connectivity index (χ1) is 11.3. The number of aliphatic imine (C=N–C) groups is 2. The fourth-order valence-electron chi connectivity index (χ4n) is 2.26. The van der Waals surface area contributed by atoms with Crippen LogP contribution >= 0.6 is 0 Å². The largest absolute Gasteiger partial charge is 0.494 e. The van der Waals surface area contributed by atoms with Crippen LogP contribution in [0.4, 0.5) is 0 Å². The highest BCUT2D eigenvalue weighted by atomic mass is 16.5. The third-order valence-corrected chi connectivity index (χ3v) is 3.48. The first-order valence-electron chi connectivity index (χ1n) is 7.72. The summed E-state index contributed by atoms with van der Waals surface area (Å²) >= 11 is 0. The van der Waals surface area contributed by atoms with Crippen molar-refractivity contribution in [2.24, 2.45) is 25.4 Å². The van der Waals surface area contributed by atoms with Gasteiger partial charge in [-0.2, -0.15) is 4.99 Å². The van der Waals surface area contributed by atoms with Gasteiger partial charge in [0.2, 0.25) is 11.5 Å². The molecule has 0 saturated carbocycles. The molecule has 0 fully saturated rings. The lowest BCUT2D eigenvalue weighted by molar-refractivity contribution is -0.111. The molecule has 0 unspecified atom stereocenters. The lowest BCUT2D eigenvalue weighted by Crippen LogP contribution is -2.25. The van der Waals surface area contributed by atoms with Gasteiger partial charge < -0.3 is 4.74 Å². The van der Waals surface area contributed by atoms with Gasteiger partial charge in [-0.15, -0.1) is 10.2 Å². The van der Waals surface area contributed by atoms with Crippen molar-refractivity contribution in [3.63, 3.8) is 0 Å². The van der Waals surface area contributed by atoms with Crippen LogP contribution in [0, 0.1) is 0 Å². The molecule has 23 heavy (non-hydrogen) atoms. The predicted molar refractivity (Wildman–Crippen MR) is 87.3 cm³/mol. The Morgan fingerprint density at radius 3 is 2.87 bits per heavy atom. The Morgan fingerprint density at radius 2 is 2.00 bits per heavy atom. The van der Waals surface area contributed by atoms with Gasteiger partial charge in [0, 0.05) is 5.56 Å². The molecule has 0 spiro atoms. The Balaban J connectivity index is 1.69. The van der Waals surface area contributed by atoms with E-state index >= 15 is 0 Å². The molecule has 0 N–H and O–H groups in total. The van der Waals surface area contributed by atoms with Crippen LogP contribution in [0.2, 0.25) is 0 Å². The molecular formula is C16H17N5O2. The minimum absolute atomic E-state index is 0.0945. The van der Waals surface area contributed by atoms with Crippen molar-refractivity contribution < 1.29 is 9.53 Å². The number of carbonyl (C=O) groups excluding carboxylic acids is 1. The van der Waals surface area contributed by atoms with Crippen molar-refractivity contribution in [3.05, 3.63) is 29.8 Å². The number of benzene rings is 1. The first-order valence-corrected chi connectivity index (χ1v) is 7.72. The number of carbonyl (C=O) groups is 1. The molecule has 2 aliphatic rings. The average Bonchev–Trinajstić information content (AvgIpc) is 3.04. The molecule has 0 aromatic heterocycles. The van der Waals surface area contributed by atoms with Crippen LogP contribution in [0.1, 0.15) is 38.2 Å². The molecule has 1 amide bonds. The van der Waals surface area contributed by atoms with Gasteiger partial charge in [-0.05, 0) is 23.8 Å². The first kappa shape index (κ1) is 15.2. The third-order valence-electron chi connectivity index (χ3n) is 3.48. The van der Waals surface area contributed by atoms with Crippen molar-refractivity contribution in [1.82, 2.24) is 0 Å². The number of fused-ring (bicyclic) bond motifs is 1. The average molecular weight is 311 g/mol. The fourth-order valence-corrected chi connectivity index (χ4v) is 2.26. The van der Waals surface area contributed by atoms with Crippen LogP contribution < -0.4 is 4.74 Å². The number of amidine groups is 2. The van der Waals surface area contributed by atoms with Crippen molar-refractivity contribution in [3.8, 4) is 5.75 Å². The molecular weight excluding hydrogens is 294 g/mol. The van der Waals surface area contributed by atoms with Crippen LogP contribution in [-0.4, -0.2) is 29.9 Å². The summed E-state index contributed by atoms with van der Waals surface area (Å²) in [5.74, 6) is 0.787. The van der Waals surface area contributed by atoms with Gasteiger partial charge in [0.1, 0.15) is 5.75 Å². The molecule has 118 valence electrons. The van der Waals surface area contributed by atoms with E-state index in [4.69, 9.17) is 4.74 Å². The van der Waals surface area contributed by atoms with Crippen LogP contribution in [0.25, 0.3) is 0 Å². The van der Waals surface area contributed by atoms with E-state index in [9.17, 15) is 4.79 Å². The number of hydrogen-bond acceptors (Lipinski definition) is 6. The Morgan fingerprint density at radius 1 is 1.09 bits per heavy atom. The predicted octanol–water partition coefficient (Wildman–Crippen LogP) is 3.15. The molecule has 7 heteroatoms. The lowest BCUT2D eigenvalue weighted by Gasteiger charge is -2.09. The Hall–Kier alpha value is -2.70. The van der Waals surface area contributed by atoms with Crippen molar-refractivity contribution >= 4 is 23.3 Å². The third kappa shape index (κ3) is 3.56. The molecule has 0 radical (unpaired) electrons. The van der Waals surface area contributed by atoms with E-state index < -0.39 is 5.91 Å². The summed E-state index contributed by atoms with van der Waals surface area (Å²) < 4.78 is 5.74. The van der Waals surface area contributed by atoms with E-state index in [0.29, 0.717) is 18.0 Å². The summed E-state index contributed by atoms with van der Waals surface area (Å²) in [7, 11) is 0. The highest BCUT2D eigenvalue weighted by Crippen LogP contribution is 2.18. The highest BCUT2D eigenvalue weighted by molar-refractivity contribution is 6.69. The van der Waals surface area contributed by atoms with Crippen molar-refractivity contribution in [2.75, 3.05) is 6.61 Å². The number of nitrogens with zero attached hydrogens (tertiary/aromatic N) is 5. The summed E-state index contributed by atoms with van der Waals surface area (Å²) in [4.78, 5) is 20.0. The van der Waals surface area contributed by atoms with Gasteiger partial charge in [0.15, 0.2) is 5.84 Å². The lowest BCUT2D eigenvalue weighted by atomic mass is 10.1. The highest BCUT2D eigenvalue weighted by Gasteiger charge is 2.27. The molecule has 0 atom stereocenters. The smallest absolute Gasteiger partial charge is 0.303 e. The molecule has 1 aromatic carbocycles. The van der Waals surface area contributed by atoms with Gasteiger partial charge >= 0.3 is 5.91 Å². The maximum Gasteiger partial charge on any atom is 0.303 e. The van der Waals surface area contributed by atoms with Crippen LogP contribution in [0.5, 0.6) is 5.75 Å². The zero-order valence-electron chi connectivity index (χ0n) is 12.9. The quantitative estimate of drug-likeness (QED) is 0.724. The number of unbranched alkanes of at least 4 members (excludes halogenated alkanes) is 3. The monoisotopic (exact) mass is 311 g/mol. The van der Waals surface area contributed by atoms with E-state index in [0.717, 1.165) is 18.6 Å². The number of amides is 1. The second kappa shape index (κ2) is 7.04. The number of rotatable bonds is 7. The van der Waals surface area contributed by atoms with E-state index in [1.165, 1.54) is 12.8 Å². The topological polar surface area (TPSA) is 88.1 Å². The second-order valence-corrected chi connectivity index (χ2v) is 5.25. The van der Waals surface area contributed by atoms with Crippen molar-refractivity contribution in [2.45, 2.75) is 32.6 Å². The maximum atomic E-state index is 11.9. The maximum absolute atomic E-state index is 11.9. The van der Waals surface area contributed by atoms with Crippen molar-refractivity contribution in [1.29, 1.82) is 0 Å². The van der Waals surface area contributed by atoms with Gasteiger partial charge in [0.25, 0.3) is 0 Å². The Kier molecular flexibility index (Phi) is 4.65. The van der Waals surface area contributed by atoms with Gasteiger partial charge in [-0.1, -0.05) is 38.3 Å². The molecule has 1 aromatic rings. The van der Waals surface area contributed by atoms with E-state index in [1.54, 1.807) is 0 Å². The van der Waals surface area contributed by atoms with E-state index in [2.05, 4.69) is 32.3 Å². The number of ether oxygens (including phenoxy) is 1. The Labute approximate surface area is 133 Å². The summed E-state index contributed by atoms with van der Waals surface area (Å²) in [6, 6.07) is 7.38.